The fraction of sp³-hybridized carbons (Fsp3) is 0.889. The molecule has 0 aromatic carbocycles. The Balaban J connectivity index is 1.15. The number of rotatable bonds is 6. The van der Waals surface area contributed by atoms with Gasteiger partial charge in [-0.25, -0.2) is 0 Å². The molecule has 0 spiro atoms. The molecule has 6 saturated carbocycles. The number of esters is 2. The van der Waals surface area contributed by atoms with Crippen molar-refractivity contribution in [1.82, 2.24) is 4.90 Å². The lowest BCUT2D eigenvalue weighted by Crippen LogP contribution is -2.70. The summed E-state index contributed by atoms with van der Waals surface area (Å²) in [5, 5.41) is 0. The Bertz CT molecular complexity index is 1460. The molecule has 7 aliphatic rings. The lowest BCUT2D eigenvalue weighted by Gasteiger charge is -2.76. The third-order valence-electron chi connectivity index (χ3n) is 19.0. The Morgan fingerprint density at radius 3 is 2.04 bits per heavy atom. The number of piperidine rings is 1. The molecule has 286 valence electrons. The molecule has 0 radical (unpaired) electrons. The maximum atomic E-state index is 14.8. The van der Waals surface area contributed by atoms with Crippen LogP contribution in [0.15, 0.2) is 12.2 Å². The van der Waals surface area contributed by atoms with Crippen LogP contribution in [0.2, 0.25) is 0 Å². The van der Waals surface area contributed by atoms with E-state index in [9.17, 15) is 14.4 Å². The fourth-order valence-corrected chi connectivity index (χ4v) is 15.8. The molecule has 0 aromatic rings. The lowest BCUT2D eigenvalue weighted by atomic mass is 9.29. The first-order chi connectivity index (χ1) is 23.8. The van der Waals surface area contributed by atoms with Crippen LogP contribution in [0.4, 0.5) is 0 Å². The van der Waals surface area contributed by atoms with Crippen LogP contribution in [0.5, 0.6) is 0 Å². The predicted octanol–water partition coefficient (Wildman–Crippen LogP) is 9.79. The Kier molecular flexibility index (Phi) is 8.87. The molecule has 51 heavy (non-hydrogen) atoms. The number of fused-ring (bicyclic) bond motifs is 7. The minimum atomic E-state index is -0.250. The summed E-state index contributed by atoms with van der Waals surface area (Å²) in [6.45, 7) is 28.2. The molecule has 7 rings (SSSR count). The number of hydrogen-bond acceptors (Lipinski definition) is 5. The van der Waals surface area contributed by atoms with Gasteiger partial charge in [0.25, 0.3) is 0 Å². The van der Waals surface area contributed by atoms with E-state index in [1.165, 1.54) is 38.4 Å². The predicted molar refractivity (Wildman–Crippen MR) is 201 cm³/mol. The zero-order valence-corrected chi connectivity index (χ0v) is 34.1. The van der Waals surface area contributed by atoms with Crippen molar-refractivity contribution in [3.63, 3.8) is 0 Å². The smallest absolute Gasteiger partial charge is 0.310 e. The minimum Gasteiger partial charge on any atom is -0.469 e. The van der Waals surface area contributed by atoms with E-state index in [0.29, 0.717) is 29.6 Å². The second-order valence-electron chi connectivity index (χ2n) is 21.3. The summed E-state index contributed by atoms with van der Waals surface area (Å²) in [5.74, 6) is 1.70. The van der Waals surface area contributed by atoms with Gasteiger partial charge in [-0.15, -0.1) is 0 Å². The average Bonchev–Trinajstić information content (AvgIpc) is 3.39. The van der Waals surface area contributed by atoms with Crippen molar-refractivity contribution in [3.05, 3.63) is 12.2 Å². The molecule has 12 atom stereocenters. The van der Waals surface area contributed by atoms with Crippen LogP contribution >= 0.6 is 0 Å². The van der Waals surface area contributed by atoms with Gasteiger partial charge in [-0.05, 0) is 147 Å². The average molecular weight is 706 g/mol. The number of hydrogen-bond donors (Lipinski definition) is 0. The number of carbonyl (C=O) groups is 3. The van der Waals surface area contributed by atoms with Gasteiger partial charge in [0, 0.05) is 24.9 Å². The SMILES string of the molecule is C=C(C)[C@@H]1CC[C@]2(C(=O)N3CCCCC3)CC[C@@]3(C)[C@]4(C)CC[C@H]5C(C)(C)[C@@H](OC(=O)[C@H]6[C@@H](CC(=O)OC)C6(C)C)CC[C@]5(C)[C@H]4CC[C@]3(C)[C@@H]12. The van der Waals surface area contributed by atoms with Gasteiger partial charge in [-0.2, -0.15) is 0 Å². The highest BCUT2D eigenvalue weighted by molar-refractivity contribution is 5.84. The zero-order chi connectivity index (χ0) is 37.2. The van der Waals surface area contributed by atoms with Gasteiger partial charge in [-0.3, -0.25) is 14.4 Å². The third-order valence-corrected chi connectivity index (χ3v) is 19.0. The molecule has 0 aromatic heterocycles. The maximum absolute atomic E-state index is 14.8. The van der Waals surface area contributed by atoms with E-state index in [2.05, 4.69) is 73.8 Å². The van der Waals surface area contributed by atoms with E-state index in [0.717, 1.165) is 70.9 Å². The van der Waals surface area contributed by atoms with E-state index in [4.69, 9.17) is 9.47 Å². The second-order valence-corrected chi connectivity index (χ2v) is 21.3. The number of amides is 1. The van der Waals surface area contributed by atoms with E-state index >= 15 is 0 Å². The normalized spacial score (nSPS) is 47.9. The Morgan fingerprint density at radius 1 is 0.745 bits per heavy atom. The maximum Gasteiger partial charge on any atom is 0.310 e. The molecule has 6 heteroatoms. The first-order valence-corrected chi connectivity index (χ1v) is 21.0. The highest BCUT2D eigenvalue weighted by Crippen LogP contribution is 2.81. The van der Waals surface area contributed by atoms with Gasteiger partial charge in [0.2, 0.25) is 5.91 Å². The Hall–Kier alpha value is -1.85. The standard InChI is InChI=1S/C45H71NO5/c1-28(2)29-15-22-45(38(49)46-25-13-12-14-26-46)24-23-44(10)42(8)20-16-31-40(5,6)33(51-37(48)35-30(39(35,3)4)27-34(47)50-11)18-19-41(31,7)32(42)17-21-43(44,9)36(29)45/h29-33,35-36H,1,12-27H2,2-11H3/t29-,30+,31-,32+,33-,35+,36+,41-,42+,43+,44-,45-/m0/s1. The first kappa shape index (κ1) is 37.5. The zero-order valence-electron chi connectivity index (χ0n) is 34.1. The van der Waals surface area contributed by atoms with Gasteiger partial charge in [0.15, 0.2) is 0 Å². The van der Waals surface area contributed by atoms with Crippen molar-refractivity contribution >= 4 is 17.8 Å². The summed E-state index contributed by atoms with van der Waals surface area (Å²) in [5.41, 5.74) is 1.22. The van der Waals surface area contributed by atoms with Crippen LogP contribution in [-0.2, 0) is 23.9 Å². The lowest BCUT2D eigenvalue weighted by molar-refractivity contribution is -0.277. The van der Waals surface area contributed by atoms with E-state index in [1.54, 1.807) is 0 Å². The van der Waals surface area contributed by atoms with Crippen molar-refractivity contribution in [2.45, 2.75) is 158 Å². The van der Waals surface area contributed by atoms with Crippen LogP contribution < -0.4 is 0 Å². The van der Waals surface area contributed by atoms with Crippen LogP contribution in [0.1, 0.15) is 152 Å². The van der Waals surface area contributed by atoms with Crippen molar-refractivity contribution in [1.29, 1.82) is 0 Å². The molecule has 0 bridgehead atoms. The Labute approximate surface area is 310 Å². The molecule has 6 nitrogen and oxygen atoms in total. The summed E-state index contributed by atoms with van der Waals surface area (Å²) in [7, 11) is 1.42. The summed E-state index contributed by atoms with van der Waals surface area (Å²) in [6.07, 6.45) is 14.8. The van der Waals surface area contributed by atoms with Gasteiger partial charge in [-0.1, -0.05) is 67.5 Å². The van der Waals surface area contributed by atoms with Crippen molar-refractivity contribution < 1.29 is 23.9 Å². The molecule has 1 amide bonds. The molecule has 7 fully saturated rings. The van der Waals surface area contributed by atoms with Gasteiger partial charge in [0.05, 0.1) is 18.4 Å². The Morgan fingerprint density at radius 2 is 1.39 bits per heavy atom. The van der Waals surface area contributed by atoms with Crippen LogP contribution in [0.3, 0.4) is 0 Å². The van der Waals surface area contributed by atoms with Gasteiger partial charge in [0.1, 0.15) is 6.10 Å². The van der Waals surface area contributed by atoms with Crippen molar-refractivity contribution in [2.75, 3.05) is 20.2 Å². The molecule has 1 saturated heterocycles. The highest BCUT2D eigenvalue weighted by Gasteiger charge is 2.76. The van der Waals surface area contributed by atoms with Crippen LogP contribution in [0.25, 0.3) is 0 Å². The molecule has 6 aliphatic carbocycles. The van der Waals surface area contributed by atoms with E-state index in [-0.39, 0.29) is 74.2 Å². The first-order valence-electron chi connectivity index (χ1n) is 21.0. The molecular weight excluding hydrogens is 634 g/mol. The van der Waals surface area contributed by atoms with Crippen molar-refractivity contribution in [2.24, 2.45) is 73.4 Å². The quantitative estimate of drug-likeness (QED) is 0.203. The van der Waals surface area contributed by atoms with Crippen LogP contribution in [0, 0.1) is 73.4 Å². The van der Waals surface area contributed by atoms with Crippen LogP contribution in [-0.4, -0.2) is 49.0 Å². The number of ether oxygens (including phenoxy) is 2. The highest BCUT2D eigenvalue weighted by atomic mass is 16.5. The molecular formula is C45H71NO5. The summed E-state index contributed by atoms with van der Waals surface area (Å²) < 4.78 is 11.5. The number of methoxy groups -OCH3 is 1. The molecule has 0 N–H and O–H groups in total. The number of allylic oxidation sites excluding steroid dienone is 1. The number of likely N-dealkylation sites (tertiary alicyclic amines) is 1. The third kappa shape index (κ3) is 5.00. The summed E-state index contributed by atoms with van der Waals surface area (Å²) >= 11 is 0. The topological polar surface area (TPSA) is 72.9 Å². The van der Waals surface area contributed by atoms with Gasteiger partial charge >= 0.3 is 11.9 Å². The van der Waals surface area contributed by atoms with Gasteiger partial charge < -0.3 is 14.4 Å². The number of carbonyl (C=O) groups excluding carboxylic acids is 3. The second kappa shape index (κ2) is 12.1. The molecule has 0 unspecified atom stereocenters. The summed E-state index contributed by atoms with van der Waals surface area (Å²) in [4.78, 5) is 42.9. The molecule has 1 heterocycles. The van der Waals surface area contributed by atoms with Crippen molar-refractivity contribution in [3.8, 4) is 0 Å². The monoisotopic (exact) mass is 706 g/mol. The molecule has 1 aliphatic heterocycles. The largest absolute Gasteiger partial charge is 0.469 e. The minimum absolute atomic E-state index is 0.0178. The number of nitrogens with zero attached hydrogens (tertiary/aromatic N) is 1. The van der Waals surface area contributed by atoms with E-state index in [1.807, 2.05) is 0 Å². The summed E-state index contributed by atoms with van der Waals surface area (Å²) in [6, 6.07) is 0. The fourth-order valence-electron chi connectivity index (χ4n) is 15.8. The van der Waals surface area contributed by atoms with E-state index < -0.39 is 0 Å².